The first-order chi connectivity index (χ1) is 11.0. The summed E-state index contributed by atoms with van der Waals surface area (Å²) in [6.07, 6.45) is 2.63. The van der Waals surface area contributed by atoms with Gasteiger partial charge in [0.2, 0.25) is 0 Å². The Balaban J connectivity index is 1.72. The van der Waals surface area contributed by atoms with Crippen molar-refractivity contribution in [2.45, 2.75) is 33.7 Å². The van der Waals surface area contributed by atoms with E-state index >= 15 is 0 Å². The fraction of sp³-hybridized carbons (Fsp3) is 0.471. The van der Waals surface area contributed by atoms with E-state index in [0.717, 1.165) is 30.9 Å². The molecule has 124 valence electrons. The lowest BCUT2D eigenvalue weighted by molar-refractivity contribution is 0.450. The summed E-state index contributed by atoms with van der Waals surface area (Å²) in [5.74, 6) is 0.866. The Morgan fingerprint density at radius 3 is 2.87 bits per heavy atom. The number of nitrogens with two attached hydrogens (primary N) is 1. The zero-order valence-corrected chi connectivity index (χ0v) is 14.2. The second-order valence-electron chi connectivity index (χ2n) is 5.94. The number of pyridine rings is 1. The van der Waals surface area contributed by atoms with Crippen LogP contribution in [0.4, 0.5) is 0 Å². The minimum absolute atomic E-state index is 0.379. The zero-order chi connectivity index (χ0) is 16.7. The number of nitrogens with one attached hydrogen (secondary N) is 1. The van der Waals surface area contributed by atoms with Crippen molar-refractivity contribution in [2.75, 3.05) is 13.1 Å². The fourth-order valence-corrected chi connectivity index (χ4v) is 2.39. The van der Waals surface area contributed by atoms with E-state index < -0.39 is 0 Å². The van der Waals surface area contributed by atoms with Crippen molar-refractivity contribution in [3.8, 4) is 0 Å². The second kappa shape index (κ2) is 8.31. The summed E-state index contributed by atoms with van der Waals surface area (Å²) in [5.41, 5.74) is 9.19. The van der Waals surface area contributed by atoms with Gasteiger partial charge in [0.1, 0.15) is 0 Å². The zero-order valence-electron chi connectivity index (χ0n) is 14.2. The Kier molecular flexibility index (Phi) is 6.14. The van der Waals surface area contributed by atoms with Crippen molar-refractivity contribution < 1.29 is 0 Å². The van der Waals surface area contributed by atoms with E-state index in [1.54, 1.807) is 6.20 Å². The molecule has 0 aliphatic rings. The molecule has 0 radical (unpaired) electrons. The van der Waals surface area contributed by atoms with E-state index in [0.29, 0.717) is 18.4 Å². The number of guanidine groups is 1. The number of rotatable bonds is 7. The van der Waals surface area contributed by atoms with Gasteiger partial charge >= 0.3 is 0 Å². The smallest absolute Gasteiger partial charge is 0.188 e. The molecule has 2 rings (SSSR count). The number of aliphatic imine (C=N–C) groups is 1. The number of nitrogens with zero attached hydrogens (tertiary/aromatic N) is 4. The van der Waals surface area contributed by atoms with Gasteiger partial charge in [0.25, 0.3) is 0 Å². The minimum atomic E-state index is 0.379. The van der Waals surface area contributed by atoms with Gasteiger partial charge in [0.05, 0.1) is 5.69 Å². The largest absolute Gasteiger partial charge is 0.370 e. The van der Waals surface area contributed by atoms with Gasteiger partial charge in [-0.25, -0.2) is 0 Å². The van der Waals surface area contributed by atoms with Crippen LogP contribution in [0.25, 0.3) is 0 Å². The van der Waals surface area contributed by atoms with Crippen LogP contribution in [0.1, 0.15) is 24.0 Å². The SMILES string of the molecule is Cc1cc(C)n(CC(C)CN=C(N)NCCc2ccccn2)n1. The summed E-state index contributed by atoms with van der Waals surface area (Å²) in [5, 5.41) is 7.61. The molecule has 1 unspecified atom stereocenters. The van der Waals surface area contributed by atoms with Crippen molar-refractivity contribution in [3.05, 3.63) is 47.5 Å². The van der Waals surface area contributed by atoms with Gasteiger partial charge < -0.3 is 11.1 Å². The predicted octanol–water partition coefficient (Wildman–Crippen LogP) is 1.68. The molecule has 6 nitrogen and oxygen atoms in total. The molecular formula is C17H26N6. The molecular weight excluding hydrogens is 288 g/mol. The maximum absolute atomic E-state index is 5.91. The first-order valence-electron chi connectivity index (χ1n) is 7.99. The maximum atomic E-state index is 5.91. The van der Waals surface area contributed by atoms with Crippen LogP contribution in [0.5, 0.6) is 0 Å². The lowest BCUT2D eigenvalue weighted by Gasteiger charge is -2.11. The summed E-state index contributed by atoms with van der Waals surface area (Å²) >= 11 is 0. The number of hydrogen-bond donors (Lipinski definition) is 2. The molecule has 2 heterocycles. The molecule has 0 saturated carbocycles. The standard InChI is InChI=1S/C17H26N6/c1-13(12-23-15(3)10-14(2)22-23)11-21-17(18)20-9-7-16-6-4-5-8-19-16/h4-6,8,10,13H,7,9,11-12H2,1-3H3,(H3,18,20,21). The van der Waals surface area contributed by atoms with Crippen molar-refractivity contribution in [3.63, 3.8) is 0 Å². The second-order valence-corrected chi connectivity index (χ2v) is 5.94. The molecule has 0 saturated heterocycles. The molecule has 0 aliphatic carbocycles. The third-order valence-electron chi connectivity index (χ3n) is 3.57. The average molecular weight is 314 g/mol. The molecule has 2 aromatic heterocycles. The molecule has 23 heavy (non-hydrogen) atoms. The Morgan fingerprint density at radius 1 is 1.39 bits per heavy atom. The van der Waals surface area contributed by atoms with E-state index in [9.17, 15) is 0 Å². The van der Waals surface area contributed by atoms with E-state index in [1.807, 2.05) is 29.8 Å². The Bertz CT molecular complexity index is 632. The van der Waals surface area contributed by atoms with Gasteiger partial charge in [0.15, 0.2) is 5.96 Å². The number of aromatic nitrogens is 3. The van der Waals surface area contributed by atoms with Crippen LogP contribution >= 0.6 is 0 Å². The summed E-state index contributed by atoms with van der Waals surface area (Å²) in [4.78, 5) is 8.69. The highest BCUT2D eigenvalue weighted by atomic mass is 15.3. The van der Waals surface area contributed by atoms with Gasteiger partial charge in [0, 0.05) is 43.6 Å². The maximum Gasteiger partial charge on any atom is 0.188 e. The summed E-state index contributed by atoms with van der Waals surface area (Å²) in [6, 6.07) is 7.99. The molecule has 0 fully saturated rings. The number of hydrogen-bond acceptors (Lipinski definition) is 3. The monoisotopic (exact) mass is 314 g/mol. The lowest BCUT2D eigenvalue weighted by Crippen LogP contribution is -2.34. The summed E-state index contributed by atoms with van der Waals surface area (Å²) in [7, 11) is 0. The Hall–Kier alpha value is -2.37. The molecule has 3 N–H and O–H groups in total. The Morgan fingerprint density at radius 2 is 2.22 bits per heavy atom. The minimum Gasteiger partial charge on any atom is -0.370 e. The van der Waals surface area contributed by atoms with Crippen LogP contribution in [0.2, 0.25) is 0 Å². The average Bonchev–Trinajstić information content (AvgIpc) is 2.84. The predicted molar refractivity (Wildman–Crippen MR) is 93.3 cm³/mol. The highest BCUT2D eigenvalue weighted by Gasteiger charge is 2.07. The van der Waals surface area contributed by atoms with Gasteiger partial charge in [-0.1, -0.05) is 13.0 Å². The fourth-order valence-electron chi connectivity index (χ4n) is 2.39. The summed E-state index contributed by atoms with van der Waals surface area (Å²) < 4.78 is 2.03. The molecule has 0 aromatic carbocycles. The first kappa shape index (κ1) is 17.0. The molecule has 0 aliphatic heterocycles. The molecule has 2 aromatic rings. The normalized spacial score (nSPS) is 13.1. The van der Waals surface area contributed by atoms with Gasteiger partial charge in [-0.3, -0.25) is 14.7 Å². The Labute approximate surface area is 137 Å². The van der Waals surface area contributed by atoms with Gasteiger partial charge in [-0.15, -0.1) is 0 Å². The van der Waals surface area contributed by atoms with Crippen molar-refractivity contribution in [1.82, 2.24) is 20.1 Å². The van der Waals surface area contributed by atoms with Crippen LogP contribution in [0.15, 0.2) is 35.5 Å². The van der Waals surface area contributed by atoms with Gasteiger partial charge in [-0.2, -0.15) is 5.10 Å². The molecule has 6 heteroatoms. The third kappa shape index (κ3) is 5.73. The van der Waals surface area contributed by atoms with Crippen LogP contribution in [-0.2, 0) is 13.0 Å². The van der Waals surface area contributed by atoms with Gasteiger partial charge in [-0.05, 0) is 38.0 Å². The summed E-state index contributed by atoms with van der Waals surface area (Å²) in [6.45, 7) is 8.50. The highest BCUT2D eigenvalue weighted by molar-refractivity contribution is 5.77. The van der Waals surface area contributed by atoms with Crippen LogP contribution in [-0.4, -0.2) is 33.8 Å². The van der Waals surface area contributed by atoms with Crippen LogP contribution < -0.4 is 11.1 Å². The highest BCUT2D eigenvalue weighted by Crippen LogP contribution is 2.06. The van der Waals surface area contributed by atoms with E-state index in [4.69, 9.17) is 5.73 Å². The van der Waals surface area contributed by atoms with Crippen molar-refractivity contribution >= 4 is 5.96 Å². The lowest BCUT2D eigenvalue weighted by atomic mass is 10.2. The third-order valence-corrected chi connectivity index (χ3v) is 3.57. The topological polar surface area (TPSA) is 81.1 Å². The quantitative estimate of drug-likeness (QED) is 0.602. The molecule has 1 atom stereocenters. The molecule has 0 spiro atoms. The van der Waals surface area contributed by atoms with E-state index in [-0.39, 0.29) is 0 Å². The van der Waals surface area contributed by atoms with Crippen molar-refractivity contribution in [1.29, 1.82) is 0 Å². The van der Waals surface area contributed by atoms with Crippen LogP contribution in [0.3, 0.4) is 0 Å². The van der Waals surface area contributed by atoms with Crippen molar-refractivity contribution in [2.24, 2.45) is 16.6 Å². The first-order valence-corrected chi connectivity index (χ1v) is 7.99. The molecule has 0 amide bonds. The van der Waals surface area contributed by atoms with E-state index in [1.165, 1.54) is 5.69 Å². The molecule has 0 bridgehead atoms. The number of aryl methyl sites for hydroxylation is 2. The van der Waals surface area contributed by atoms with Crippen LogP contribution in [0, 0.1) is 19.8 Å². The van der Waals surface area contributed by atoms with E-state index in [2.05, 4.69) is 40.3 Å².